The first-order valence-electron chi connectivity index (χ1n) is 7.82. The highest BCUT2D eigenvalue weighted by molar-refractivity contribution is 6.34. The summed E-state index contributed by atoms with van der Waals surface area (Å²) < 4.78 is 0. The van der Waals surface area contributed by atoms with E-state index in [-0.39, 0.29) is 18.7 Å². The SMILES string of the molecule is CNC(C)=O.CN[C@@H](Cc1cc(Cl)cc(Cl)c1)C(N)=O.O=CCCC(=O)O. The van der Waals surface area contributed by atoms with Crippen LogP contribution in [-0.4, -0.2) is 49.3 Å². The second-order valence-electron chi connectivity index (χ2n) is 5.13. The Morgan fingerprint density at radius 3 is 1.93 bits per heavy atom. The van der Waals surface area contributed by atoms with Gasteiger partial charge in [0.05, 0.1) is 12.5 Å². The van der Waals surface area contributed by atoms with E-state index in [9.17, 15) is 19.2 Å². The zero-order valence-electron chi connectivity index (χ0n) is 15.4. The van der Waals surface area contributed by atoms with Gasteiger partial charge in [-0.05, 0) is 37.2 Å². The van der Waals surface area contributed by atoms with Crippen LogP contribution < -0.4 is 16.4 Å². The minimum absolute atomic E-state index is 0.00463. The molecule has 1 aromatic rings. The smallest absolute Gasteiger partial charge is 0.303 e. The predicted octanol–water partition coefficient (Wildman–Crippen LogP) is 1.41. The molecule has 152 valence electrons. The summed E-state index contributed by atoms with van der Waals surface area (Å²) >= 11 is 11.7. The molecule has 5 N–H and O–H groups in total. The molecule has 10 heteroatoms. The Labute approximate surface area is 168 Å². The Morgan fingerprint density at radius 1 is 1.19 bits per heavy atom. The van der Waals surface area contributed by atoms with Gasteiger partial charge in [0.2, 0.25) is 11.8 Å². The van der Waals surface area contributed by atoms with Crippen LogP contribution in [0.5, 0.6) is 0 Å². The lowest BCUT2D eigenvalue weighted by molar-refractivity contribution is -0.137. The van der Waals surface area contributed by atoms with E-state index in [4.69, 9.17) is 34.0 Å². The summed E-state index contributed by atoms with van der Waals surface area (Å²) in [5.74, 6) is -1.31. The minimum atomic E-state index is -0.924. The molecular weight excluding hydrogens is 397 g/mol. The zero-order chi connectivity index (χ0) is 21.4. The number of carbonyl (C=O) groups excluding carboxylic acids is 3. The number of aliphatic carboxylic acids is 1. The van der Waals surface area contributed by atoms with Gasteiger partial charge in [-0.3, -0.25) is 14.4 Å². The number of aldehydes is 1. The largest absolute Gasteiger partial charge is 0.481 e. The van der Waals surface area contributed by atoms with Gasteiger partial charge in [-0.25, -0.2) is 0 Å². The third-order valence-corrected chi connectivity index (χ3v) is 3.32. The van der Waals surface area contributed by atoms with Crippen molar-refractivity contribution in [3.8, 4) is 0 Å². The van der Waals surface area contributed by atoms with Crippen molar-refractivity contribution < 1.29 is 24.3 Å². The van der Waals surface area contributed by atoms with E-state index in [0.29, 0.717) is 22.8 Å². The normalized spacial score (nSPS) is 10.3. The molecule has 0 saturated heterocycles. The van der Waals surface area contributed by atoms with Crippen LogP contribution in [0.15, 0.2) is 18.2 Å². The molecule has 0 bridgehead atoms. The summed E-state index contributed by atoms with van der Waals surface area (Å²) in [7, 11) is 3.28. The lowest BCUT2D eigenvalue weighted by Gasteiger charge is -2.12. The Balaban J connectivity index is 0. The number of halogens is 2. The minimum Gasteiger partial charge on any atom is -0.481 e. The predicted molar refractivity (Wildman–Crippen MR) is 105 cm³/mol. The number of likely N-dealkylation sites (N-methyl/N-ethyl adjacent to an activating group) is 1. The number of nitrogens with one attached hydrogen (secondary N) is 2. The van der Waals surface area contributed by atoms with E-state index in [2.05, 4.69) is 10.6 Å². The maximum absolute atomic E-state index is 11.0. The molecule has 27 heavy (non-hydrogen) atoms. The molecule has 0 spiro atoms. The van der Waals surface area contributed by atoms with E-state index < -0.39 is 17.9 Å². The third-order valence-electron chi connectivity index (χ3n) is 2.88. The van der Waals surface area contributed by atoms with Crippen molar-refractivity contribution in [1.82, 2.24) is 10.6 Å². The molecular formula is C17H25Cl2N3O5. The quantitative estimate of drug-likeness (QED) is 0.490. The first-order valence-corrected chi connectivity index (χ1v) is 8.58. The van der Waals surface area contributed by atoms with Crippen LogP contribution in [0.1, 0.15) is 25.3 Å². The van der Waals surface area contributed by atoms with E-state index in [0.717, 1.165) is 5.56 Å². The van der Waals surface area contributed by atoms with E-state index in [1.54, 1.807) is 32.3 Å². The lowest BCUT2D eigenvalue weighted by Crippen LogP contribution is -2.40. The highest BCUT2D eigenvalue weighted by atomic mass is 35.5. The molecule has 0 radical (unpaired) electrons. The molecule has 1 aromatic carbocycles. The number of nitrogens with two attached hydrogens (primary N) is 1. The number of carboxylic acid groups (broad SMARTS) is 1. The van der Waals surface area contributed by atoms with Crippen LogP contribution in [0.4, 0.5) is 0 Å². The molecule has 8 nitrogen and oxygen atoms in total. The van der Waals surface area contributed by atoms with Crippen molar-refractivity contribution in [2.75, 3.05) is 14.1 Å². The number of hydrogen-bond donors (Lipinski definition) is 4. The highest BCUT2D eigenvalue weighted by Crippen LogP contribution is 2.19. The van der Waals surface area contributed by atoms with Gasteiger partial charge < -0.3 is 26.3 Å². The summed E-state index contributed by atoms with van der Waals surface area (Å²) in [6, 6.07) is 4.77. The summed E-state index contributed by atoms with van der Waals surface area (Å²) in [6.45, 7) is 1.47. The van der Waals surface area contributed by atoms with E-state index >= 15 is 0 Å². The van der Waals surface area contributed by atoms with Crippen molar-refractivity contribution in [1.29, 1.82) is 0 Å². The van der Waals surface area contributed by atoms with Crippen molar-refractivity contribution >= 4 is 47.3 Å². The Morgan fingerprint density at radius 2 is 1.67 bits per heavy atom. The van der Waals surface area contributed by atoms with Gasteiger partial charge >= 0.3 is 5.97 Å². The van der Waals surface area contributed by atoms with Crippen LogP contribution in [0.2, 0.25) is 10.0 Å². The number of carbonyl (C=O) groups is 4. The number of carboxylic acids is 1. The fourth-order valence-corrected chi connectivity index (χ4v) is 2.06. The van der Waals surface area contributed by atoms with Crippen LogP contribution >= 0.6 is 23.2 Å². The molecule has 0 aliphatic rings. The molecule has 0 saturated carbocycles. The molecule has 0 fully saturated rings. The van der Waals surface area contributed by atoms with Crippen molar-refractivity contribution in [2.24, 2.45) is 5.73 Å². The number of benzene rings is 1. The van der Waals surface area contributed by atoms with Gasteiger partial charge in [0, 0.05) is 30.4 Å². The van der Waals surface area contributed by atoms with Gasteiger partial charge in [0.25, 0.3) is 0 Å². The second kappa shape index (κ2) is 16.0. The molecule has 2 amide bonds. The Hall–Kier alpha value is -2.16. The zero-order valence-corrected chi connectivity index (χ0v) is 16.9. The molecule has 1 rings (SSSR count). The van der Waals surface area contributed by atoms with E-state index in [1.165, 1.54) is 6.92 Å². The monoisotopic (exact) mass is 421 g/mol. The molecule has 0 heterocycles. The second-order valence-corrected chi connectivity index (χ2v) is 6.00. The first kappa shape index (κ1) is 27.1. The number of hydrogen-bond acceptors (Lipinski definition) is 5. The van der Waals surface area contributed by atoms with Crippen LogP contribution in [0, 0.1) is 0 Å². The Kier molecular flexibility index (Phi) is 16.1. The van der Waals surface area contributed by atoms with Gasteiger partial charge in [0.1, 0.15) is 6.29 Å². The first-order chi connectivity index (χ1) is 12.6. The topological polar surface area (TPSA) is 139 Å². The summed E-state index contributed by atoms with van der Waals surface area (Å²) in [5, 5.41) is 14.2. The standard InChI is InChI=1S/C10H12Cl2N2O.C4H6O3.C3H7NO/c1-14-9(10(13)15)4-6-2-7(11)5-8(12)3-6;5-3-1-2-4(6)7;1-3(5)4-2/h2-3,5,9,14H,4H2,1H3,(H2,13,15);3H,1-2H2,(H,6,7);1-2H3,(H,4,5)/t9-;;/m0../s1. The van der Waals surface area contributed by atoms with Crippen LogP contribution in [0.25, 0.3) is 0 Å². The van der Waals surface area contributed by atoms with Crippen molar-refractivity contribution in [3.63, 3.8) is 0 Å². The van der Waals surface area contributed by atoms with Gasteiger partial charge in [-0.2, -0.15) is 0 Å². The molecule has 0 aliphatic carbocycles. The third kappa shape index (κ3) is 17.0. The Bertz CT molecular complexity index is 606. The van der Waals surface area contributed by atoms with Gasteiger partial charge in [-0.15, -0.1) is 0 Å². The number of amides is 2. The molecule has 0 aliphatic heterocycles. The molecule has 0 aromatic heterocycles. The van der Waals surface area contributed by atoms with Gasteiger partial charge in [0.15, 0.2) is 0 Å². The average molecular weight is 422 g/mol. The maximum Gasteiger partial charge on any atom is 0.303 e. The number of primary amides is 1. The van der Waals surface area contributed by atoms with Crippen LogP contribution in [0.3, 0.4) is 0 Å². The van der Waals surface area contributed by atoms with Crippen LogP contribution in [-0.2, 0) is 25.6 Å². The maximum atomic E-state index is 11.0. The number of rotatable bonds is 7. The van der Waals surface area contributed by atoms with Crippen molar-refractivity contribution in [3.05, 3.63) is 33.8 Å². The van der Waals surface area contributed by atoms with Gasteiger partial charge in [-0.1, -0.05) is 23.2 Å². The molecule has 0 unspecified atom stereocenters. The van der Waals surface area contributed by atoms with Crippen molar-refractivity contribution in [2.45, 2.75) is 32.2 Å². The summed E-state index contributed by atoms with van der Waals surface area (Å²) in [5.41, 5.74) is 6.08. The lowest BCUT2D eigenvalue weighted by atomic mass is 10.1. The summed E-state index contributed by atoms with van der Waals surface area (Å²) in [4.78, 5) is 39.7. The summed E-state index contributed by atoms with van der Waals surface area (Å²) in [6.07, 6.45) is 1.14. The van der Waals surface area contributed by atoms with E-state index in [1.807, 2.05) is 0 Å². The fourth-order valence-electron chi connectivity index (χ4n) is 1.49. The highest BCUT2D eigenvalue weighted by Gasteiger charge is 2.13. The fraction of sp³-hybridized carbons (Fsp3) is 0.412. The molecule has 1 atom stereocenters. The average Bonchev–Trinajstić information content (AvgIpc) is 2.57.